The van der Waals surface area contributed by atoms with Crippen molar-refractivity contribution in [3.05, 3.63) is 51.4 Å². The Kier molecular flexibility index (Phi) is 6.73. The van der Waals surface area contributed by atoms with Gasteiger partial charge in [-0.25, -0.2) is 4.79 Å². The van der Waals surface area contributed by atoms with Crippen LogP contribution in [0.15, 0.2) is 24.3 Å². The van der Waals surface area contributed by atoms with Crippen molar-refractivity contribution in [3.63, 3.8) is 0 Å². The molecule has 28 heavy (non-hydrogen) atoms. The molecule has 0 radical (unpaired) electrons. The lowest BCUT2D eigenvalue weighted by Gasteiger charge is -2.20. The molecule has 1 aliphatic rings. The summed E-state index contributed by atoms with van der Waals surface area (Å²) < 4.78 is 5.06. The van der Waals surface area contributed by atoms with Gasteiger partial charge in [0.15, 0.2) is 5.11 Å². The Labute approximate surface area is 176 Å². The van der Waals surface area contributed by atoms with Gasteiger partial charge in [-0.3, -0.25) is 0 Å². The highest BCUT2D eigenvalue weighted by molar-refractivity contribution is 7.80. The maximum Gasteiger partial charge on any atom is 0.341 e. The molecule has 0 aliphatic heterocycles. The molecule has 0 saturated heterocycles. The maximum atomic E-state index is 12.4. The number of nitrogens with one attached hydrogen (secondary N) is 2. The van der Waals surface area contributed by atoms with Gasteiger partial charge in [-0.2, -0.15) is 0 Å². The first kappa shape index (κ1) is 20.8. The fourth-order valence-electron chi connectivity index (χ4n) is 3.67. The Hall–Kier alpha value is -1.92. The highest BCUT2D eigenvalue weighted by Gasteiger charge is 2.28. The number of aryl methyl sites for hydroxylation is 1. The quantitative estimate of drug-likeness (QED) is 0.504. The third kappa shape index (κ3) is 4.55. The number of hydrogen-bond acceptors (Lipinski definition) is 4. The van der Waals surface area contributed by atoms with Crippen molar-refractivity contribution in [1.82, 2.24) is 5.32 Å². The molecule has 3 rings (SSSR count). The van der Waals surface area contributed by atoms with E-state index in [-0.39, 0.29) is 12.0 Å². The van der Waals surface area contributed by atoms with E-state index in [2.05, 4.69) is 55.7 Å². The molecule has 2 unspecified atom stereocenters. The molecule has 1 aliphatic carbocycles. The molecule has 2 N–H and O–H groups in total. The van der Waals surface area contributed by atoms with Crippen molar-refractivity contribution in [2.45, 2.75) is 52.5 Å². The lowest BCUT2D eigenvalue weighted by Crippen LogP contribution is -2.32. The first-order valence-electron chi connectivity index (χ1n) is 9.79. The van der Waals surface area contributed by atoms with Crippen LogP contribution in [-0.2, 0) is 17.6 Å². The van der Waals surface area contributed by atoms with Gasteiger partial charge in [0.2, 0.25) is 0 Å². The molecule has 1 aromatic heterocycles. The molecule has 0 amide bonds. The van der Waals surface area contributed by atoms with E-state index in [0.29, 0.717) is 16.6 Å². The maximum absolute atomic E-state index is 12.4. The summed E-state index contributed by atoms with van der Waals surface area (Å²) >= 11 is 7.21. The third-order valence-corrected chi connectivity index (χ3v) is 6.71. The van der Waals surface area contributed by atoms with Crippen LogP contribution in [0.25, 0.3) is 0 Å². The first-order valence-corrected chi connectivity index (χ1v) is 11.0. The summed E-state index contributed by atoms with van der Waals surface area (Å²) in [5.41, 5.74) is 4.22. The fourth-order valence-corrected chi connectivity index (χ4v) is 5.39. The predicted molar refractivity (Wildman–Crippen MR) is 120 cm³/mol. The molecule has 0 spiro atoms. The number of thiophene rings is 1. The average Bonchev–Trinajstić information content (AvgIpc) is 3.02. The Bertz CT molecular complexity index is 858. The number of anilines is 1. The molecule has 1 aromatic carbocycles. The van der Waals surface area contributed by atoms with Gasteiger partial charge in [0, 0.05) is 4.88 Å². The Morgan fingerprint density at radius 1 is 1.36 bits per heavy atom. The standard InChI is InChI=1S/C22H28N2O2S2/c1-5-17(15-9-6-13(2)7-10-15)23-22(27)24-20-19(21(25)26-4)16-11-8-14(3)12-18(16)28-20/h6-7,9-10,14,17H,5,8,11-12H2,1-4H3,(H2,23,24,27). The zero-order valence-corrected chi connectivity index (χ0v) is 18.6. The van der Waals surface area contributed by atoms with Crippen LogP contribution in [0.4, 0.5) is 5.00 Å². The van der Waals surface area contributed by atoms with E-state index in [4.69, 9.17) is 17.0 Å². The first-order chi connectivity index (χ1) is 13.4. The zero-order valence-electron chi connectivity index (χ0n) is 16.9. The normalized spacial score (nSPS) is 16.8. The molecule has 0 saturated carbocycles. The van der Waals surface area contributed by atoms with Gasteiger partial charge in [0.25, 0.3) is 0 Å². The second-order valence-corrected chi connectivity index (χ2v) is 9.03. The van der Waals surface area contributed by atoms with Crippen molar-refractivity contribution in [3.8, 4) is 0 Å². The third-order valence-electron chi connectivity index (χ3n) is 5.32. The van der Waals surface area contributed by atoms with Crippen LogP contribution in [0, 0.1) is 12.8 Å². The lowest BCUT2D eigenvalue weighted by molar-refractivity contribution is 0.0601. The van der Waals surface area contributed by atoms with Crippen molar-refractivity contribution < 1.29 is 9.53 Å². The summed E-state index contributed by atoms with van der Waals surface area (Å²) in [7, 11) is 1.43. The number of carbonyl (C=O) groups excluding carboxylic acids is 1. The van der Waals surface area contributed by atoms with Crippen LogP contribution >= 0.6 is 23.6 Å². The zero-order chi connectivity index (χ0) is 20.3. The van der Waals surface area contributed by atoms with E-state index in [9.17, 15) is 4.79 Å². The van der Waals surface area contributed by atoms with Gasteiger partial charge in [0.05, 0.1) is 18.7 Å². The van der Waals surface area contributed by atoms with Crippen molar-refractivity contribution in [2.24, 2.45) is 5.92 Å². The van der Waals surface area contributed by atoms with E-state index >= 15 is 0 Å². The van der Waals surface area contributed by atoms with Crippen molar-refractivity contribution in [1.29, 1.82) is 0 Å². The summed E-state index contributed by atoms with van der Waals surface area (Å²) in [6, 6.07) is 8.60. The SMILES string of the molecule is CCC(NC(=S)Nc1sc2c(c1C(=O)OC)CCC(C)C2)c1ccc(C)cc1. The number of hydrogen-bond donors (Lipinski definition) is 2. The summed E-state index contributed by atoms with van der Waals surface area (Å²) in [6.45, 7) is 6.47. The van der Waals surface area contributed by atoms with E-state index in [0.717, 1.165) is 36.2 Å². The average molecular weight is 417 g/mol. The number of methoxy groups -OCH3 is 1. The minimum Gasteiger partial charge on any atom is -0.465 e. The molecule has 1 heterocycles. The second kappa shape index (κ2) is 9.05. The largest absolute Gasteiger partial charge is 0.465 e. The number of rotatable bonds is 5. The van der Waals surface area contributed by atoms with Crippen LogP contribution in [0.1, 0.15) is 64.7 Å². The number of carbonyl (C=O) groups is 1. The number of esters is 1. The van der Waals surface area contributed by atoms with E-state index in [1.165, 1.54) is 23.1 Å². The second-order valence-electron chi connectivity index (χ2n) is 7.52. The summed E-state index contributed by atoms with van der Waals surface area (Å²) in [6.07, 6.45) is 3.93. The van der Waals surface area contributed by atoms with Crippen LogP contribution in [-0.4, -0.2) is 18.2 Å². The molecule has 150 valence electrons. The number of thiocarbonyl (C=S) groups is 1. The lowest BCUT2D eigenvalue weighted by atomic mass is 9.88. The minimum absolute atomic E-state index is 0.122. The van der Waals surface area contributed by atoms with Crippen LogP contribution < -0.4 is 10.6 Å². The number of benzene rings is 1. The molecular weight excluding hydrogens is 388 g/mol. The van der Waals surface area contributed by atoms with E-state index in [1.54, 1.807) is 11.3 Å². The Morgan fingerprint density at radius 3 is 2.71 bits per heavy atom. The summed E-state index contributed by atoms with van der Waals surface area (Å²) in [5, 5.41) is 8.01. The Morgan fingerprint density at radius 2 is 2.07 bits per heavy atom. The molecular formula is C22H28N2O2S2. The minimum atomic E-state index is -0.289. The number of fused-ring (bicyclic) bond motifs is 1. The van der Waals surface area contributed by atoms with Gasteiger partial charge in [-0.05, 0) is 61.9 Å². The van der Waals surface area contributed by atoms with Gasteiger partial charge in [-0.1, -0.05) is 43.7 Å². The van der Waals surface area contributed by atoms with Gasteiger partial charge >= 0.3 is 5.97 Å². The highest BCUT2D eigenvalue weighted by Crippen LogP contribution is 2.40. The van der Waals surface area contributed by atoms with Gasteiger partial charge in [-0.15, -0.1) is 11.3 Å². The van der Waals surface area contributed by atoms with Gasteiger partial charge < -0.3 is 15.4 Å². The molecule has 0 bridgehead atoms. The monoisotopic (exact) mass is 416 g/mol. The smallest absolute Gasteiger partial charge is 0.341 e. The fraction of sp³-hybridized carbons (Fsp3) is 0.455. The molecule has 0 fully saturated rings. The highest BCUT2D eigenvalue weighted by atomic mass is 32.1. The molecule has 4 nitrogen and oxygen atoms in total. The number of ether oxygens (including phenoxy) is 1. The predicted octanol–water partition coefficient (Wildman–Crippen LogP) is 5.41. The molecule has 2 atom stereocenters. The van der Waals surface area contributed by atoms with Crippen molar-refractivity contribution in [2.75, 3.05) is 12.4 Å². The van der Waals surface area contributed by atoms with E-state index < -0.39 is 0 Å². The summed E-state index contributed by atoms with van der Waals surface area (Å²) in [4.78, 5) is 13.7. The Balaban J connectivity index is 1.79. The van der Waals surface area contributed by atoms with Crippen LogP contribution in [0.3, 0.4) is 0 Å². The van der Waals surface area contributed by atoms with Crippen LogP contribution in [0.5, 0.6) is 0 Å². The summed E-state index contributed by atoms with van der Waals surface area (Å²) in [5.74, 6) is 0.350. The molecule has 6 heteroatoms. The van der Waals surface area contributed by atoms with Gasteiger partial charge in [0.1, 0.15) is 5.00 Å². The topological polar surface area (TPSA) is 50.4 Å². The molecule has 2 aromatic rings. The van der Waals surface area contributed by atoms with E-state index in [1.807, 2.05) is 0 Å². The van der Waals surface area contributed by atoms with Crippen molar-refractivity contribution >= 4 is 39.6 Å². The van der Waals surface area contributed by atoms with Crippen LogP contribution in [0.2, 0.25) is 0 Å².